The molecular weight excluding hydrogens is 917 g/mol. The van der Waals surface area contributed by atoms with Gasteiger partial charge >= 0.3 is 15.6 Å². The van der Waals surface area contributed by atoms with Gasteiger partial charge in [-0.25, -0.2) is 9.13 Å². The molecule has 0 aromatic rings. The SMILES string of the molecule is CC(=O)N[C@H]1[C@@H](OP(=O)(O)OP(=O)(O)OC/C=C(\C)C/C=C(\C)C/C=C(\C)C/C=C(\C)C/C=C(\C)C/C=C(\C)C/C=C(\C)C/C=C(\C)C/C=C(\C)C/C=C(\C)CCC=C(C)C)O[C@H](CO)[C@H](O)[C@@H]1O. The number of allylic oxidation sites excluding steroid dienone is 21. The van der Waals surface area contributed by atoms with Crippen LogP contribution in [0, 0.1) is 0 Å². The van der Waals surface area contributed by atoms with Crippen molar-refractivity contribution in [2.75, 3.05) is 13.2 Å². The van der Waals surface area contributed by atoms with E-state index in [1.54, 1.807) is 6.92 Å². The zero-order chi connectivity index (χ0) is 52.3. The summed E-state index contributed by atoms with van der Waals surface area (Å²) in [6, 6.07) is -1.59. The van der Waals surface area contributed by atoms with E-state index in [-0.39, 0.29) is 0 Å². The summed E-state index contributed by atoms with van der Waals surface area (Å²) >= 11 is 0. The first-order chi connectivity index (χ1) is 32.2. The van der Waals surface area contributed by atoms with E-state index in [4.69, 9.17) is 13.8 Å². The molecule has 1 rings (SSSR count). The quantitative estimate of drug-likeness (QED) is 0.0294. The second-order valence-corrected chi connectivity index (χ2v) is 22.0. The Morgan fingerprint density at radius 3 is 1.20 bits per heavy atom. The maximum Gasteiger partial charge on any atom is 0.483 e. The van der Waals surface area contributed by atoms with Crippen LogP contribution in [0.5, 0.6) is 0 Å². The van der Waals surface area contributed by atoms with Gasteiger partial charge in [0, 0.05) is 6.92 Å². The van der Waals surface area contributed by atoms with E-state index < -0.39 is 65.4 Å². The highest BCUT2D eigenvalue weighted by Gasteiger charge is 2.49. The van der Waals surface area contributed by atoms with Gasteiger partial charge in [-0.05, 0) is 154 Å². The highest BCUT2D eigenvalue weighted by molar-refractivity contribution is 7.61. The Balaban J connectivity index is 2.55. The lowest BCUT2D eigenvalue weighted by molar-refractivity contribution is -0.247. The van der Waals surface area contributed by atoms with Gasteiger partial charge in [-0.1, -0.05) is 128 Å². The van der Waals surface area contributed by atoms with Gasteiger partial charge in [0.2, 0.25) is 5.91 Å². The van der Waals surface area contributed by atoms with Crippen LogP contribution in [0.25, 0.3) is 0 Å². The van der Waals surface area contributed by atoms with Gasteiger partial charge in [0.05, 0.1) is 13.2 Å². The molecule has 15 heteroatoms. The number of carbonyl (C=O) groups excluding carboxylic acids is 1. The zero-order valence-corrected chi connectivity index (χ0v) is 45.7. The first-order valence-corrected chi connectivity index (χ1v) is 27.0. The molecule has 1 heterocycles. The summed E-state index contributed by atoms with van der Waals surface area (Å²) in [6.07, 6.45) is 27.8. The van der Waals surface area contributed by atoms with Crippen molar-refractivity contribution in [1.29, 1.82) is 0 Å². The summed E-state index contributed by atoms with van der Waals surface area (Å²) in [5, 5.41) is 32.1. The normalized spacial score (nSPS) is 22.9. The lowest BCUT2D eigenvalue weighted by Crippen LogP contribution is -2.64. The standard InChI is InChI=1S/C54H87NO12P2/c1-38(2)15-14-16-39(3)17-18-40(4)19-20-41(5)21-22-42(6)23-24-43(7)25-26-44(8)27-28-45(9)29-30-46(10)31-32-47(11)33-34-48(12)35-36-64-68(60,61)67-69(62,63)66-54-51(55-49(13)57)53(59)52(58)50(37-56)65-54/h15,17,19,21,23,25,27,29,31,33,35,50-54,56,58-59H,14,16,18,20,22,24,26,28,30,32,34,36-37H2,1-13H3,(H,55,57)(H,60,61)(H,62,63)/b39-17+,40-19+,41-21+,42-23+,43-25+,44-27+,45-29+,46-31+,47-33+,48-35+/t50-,51-,52+,53-,54-/m1/s1. The molecule has 0 saturated carbocycles. The van der Waals surface area contributed by atoms with E-state index in [0.29, 0.717) is 6.42 Å². The molecule has 0 aromatic carbocycles. The number of rotatable bonds is 30. The molecule has 0 radical (unpaired) electrons. The topological polar surface area (TPSA) is 201 Å². The lowest BCUT2D eigenvalue weighted by atomic mass is 9.97. The molecule has 0 aliphatic carbocycles. The first kappa shape index (κ1) is 63.7. The van der Waals surface area contributed by atoms with E-state index in [1.807, 2.05) is 13.0 Å². The van der Waals surface area contributed by atoms with Crippen molar-refractivity contribution in [3.05, 3.63) is 128 Å². The Kier molecular flexibility index (Phi) is 30.8. The van der Waals surface area contributed by atoms with Gasteiger partial charge in [0.1, 0.15) is 24.4 Å². The van der Waals surface area contributed by atoms with E-state index in [0.717, 1.165) is 82.3 Å². The van der Waals surface area contributed by atoms with Gasteiger partial charge in [0.25, 0.3) is 0 Å². The van der Waals surface area contributed by atoms with Crippen LogP contribution in [0.4, 0.5) is 0 Å². The molecule has 0 bridgehead atoms. The maximum absolute atomic E-state index is 12.6. The smallest absolute Gasteiger partial charge is 0.394 e. The van der Waals surface area contributed by atoms with E-state index in [1.165, 1.54) is 56.2 Å². The van der Waals surface area contributed by atoms with Crippen LogP contribution < -0.4 is 5.32 Å². The van der Waals surface area contributed by atoms with Crippen LogP contribution in [-0.2, 0) is 32.0 Å². The summed E-state index contributed by atoms with van der Waals surface area (Å²) in [5.74, 6) is -0.712. The van der Waals surface area contributed by atoms with E-state index in [2.05, 4.69) is 134 Å². The number of aliphatic hydroxyl groups excluding tert-OH is 3. The Bertz CT molecular complexity index is 2100. The average Bonchev–Trinajstić information content (AvgIpc) is 3.26. The molecule has 0 aromatic heterocycles. The van der Waals surface area contributed by atoms with Gasteiger partial charge in [-0.3, -0.25) is 13.8 Å². The summed E-state index contributed by atoms with van der Waals surface area (Å²) in [4.78, 5) is 31.9. The highest BCUT2D eigenvalue weighted by Crippen LogP contribution is 2.61. The largest absolute Gasteiger partial charge is 0.483 e. The molecule has 390 valence electrons. The average molecular weight is 1000 g/mol. The van der Waals surface area contributed by atoms with Crippen LogP contribution in [0.15, 0.2) is 128 Å². The molecule has 7 atom stereocenters. The third-order valence-electron chi connectivity index (χ3n) is 11.4. The Hall–Kier alpha value is -3.29. The van der Waals surface area contributed by atoms with Crippen LogP contribution in [-0.4, -0.2) is 74.9 Å². The minimum atomic E-state index is -5.43. The van der Waals surface area contributed by atoms with E-state index in [9.17, 15) is 39.0 Å². The van der Waals surface area contributed by atoms with Gasteiger partial charge in [-0.2, -0.15) is 4.31 Å². The maximum atomic E-state index is 12.6. The minimum Gasteiger partial charge on any atom is -0.394 e. The Morgan fingerprint density at radius 1 is 0.522 bits per heavy atom. The number of hydrogen-bond acceptors (Lipinski definition) is 10. The number of amides is 1. The fourth-order valence-electron chi connectivity index (χ4n) is 6.60. The number of phosphoric acid groups is 2. The number of ether oxygens (including phenoxy) is 1. The third-order valence-corrected chi connectivity index (χ3v) is 14.0. The van der Waals surface area contributed by atoms with Crippen LogP contribution in [0.1, 0.15) is 161 Å². The van der Waals surface area contributed by atoms with E-state index >= 15 is 0 Å². The van der Waals surface area contributed by atoms with Crippen LogP contribution in [0.3, 0.4) is 0 Å². The lowest BCUT2D eigenvalue weighted by Gasteiger charge is -2.42. The van der Waals surface area contributed by atoms with Crippen LogP contribution in [0.2, 0.25) is 0 Å². The number of nitrogens with one attached hydrogen (secondary N) is 1. The van der Waals surface area contributed by atoms with Crippen molar-refractivity contribution in [3.8, 4) is 0 Å². The summed E-state index contributed by atoms with van der Waals surface area (Å²) in [5.41, 5.74) is 14.3. The number of hydrogen-bond donors (Lipinski definition) is 6. The number of carbonyl (C=O) groups is 1. The number of phosphoric ester groups is 2. The highest BCUT2D eigenvalue weighted by atomic mass is 31.3. The molecule has 6 N–H and O–H groups in total. The number of aliphatic hydroxyl groups is 3. The molecule has 1 fully saturated rings. The second-order valence-electron chi connectivity index (χ2n) is 19.0. The van der Waals surface area contributed by atoms with Gasteiger partial charge in [0.15, 0.2) is 6.29 Å². The summed E-state index contributed by atoms with van der Waals surface area (Å²) < 4.78 is 44.4. The van der Waals surface area contributed by atoms with Crippen molar-refractivity contribution in [1.82, 2.24) is 5.32 Å². The monoisotopic (exact) mass is 1000 g/mol. The molecule has 13 nitrogen and oxygen atoms in total. The van der Waals surface area contributed by atoms with Crippen molar-refractivity contribution in [2.24, 2.45) is 0 Å². The third kappa shape index (κ3) is 30.3. The molecule has 1 aliphatic rings. The predicted molar refractivity (Wildman–Crippen MR) is 281 cm³/mol. The summed E-state index contributed by atoms with van der Waals surface area (Å²) in [6.45, 7) is 25.6. The first-order valence-electron chi connectivity index (χ1n) is 24.0. The summed E-state index contributed by atoms with van der Waals surface area (Å²) in [7, 11) is -10.6. The molecule has 2 unspecified atom stereocenters. The molecular formula is C54H87NO12P2. The van der Waals surface area contributed by atoms with Crippen molar-refractivity contribution < 1.29 is 57.1 Å². The molecule has 1 amide bonds. The van der Waals surface area contributed by atoms with Gasteiger partial charge in [-0.15, -0.1) is 0 Å². The minimum absolute atomic E-state index is 0.431. The van der Waals surface area contributed by atoms with Crippen LogP contribution >= 0.6 is 15.6 Å². The Morgan fingerprint density at radius 2 is 0.870 bits per heavy atom. The fourth-order valence-corrected chi connectivity index (χ4v) is 8.69. The molecule has 0 spiro atoms. The van der Waals surface area contributed by atoms with Crippen molar-refractivity contribution in [3.63, 3.8) is 0 Å². The molecule has 1 aliphatic heterocycles. The predicted octanol–water partition coefficient (Wildman–Crippen LogP) is 12.9. The van der Waals surface area contributed by atoms with Crippen molar-refractivity contribution in [2.45, 2.75) is 191 Å². The Labute approximate surface area is 415 Å². The second kappa shape index (κ2) is 33.4. The fraction of sp³-hybridized carbons (Fsp3) is 0.574. The molecule has 1 saturated heterocycles. The van der Waals surface area contributed by atoms with Crippen molar-refractivity contribution >= 4 is 21.6 Å². The zero-order valence-electron chi connectivity index (χ0n) is 43.9. The molecule has 69 heavy (non-hydrogen) atoms. The van der Waals surface area contributed by atoms with Gasteiger partial charge < -0.3 is 35.2 Å².